The van der Waals surface area contributed by atoms with Crippen molar-refractivity contribution in [3.8, 4) is 11.3 Å². The van der Waals surface area contributed by atoms with E-state index < -0.39 is 6.09 Å². The fourth-order valence-corrected chi connectivity index (χ4v) is 3.22. The van der Waals surface area contributed by atoms with Gasteiger partial charge in [0.15, 0.2) is 12.4 Å². The molecule has 0 unspecified atom stereocenters. The number of ether oxygens (including phenoxy) is 1. The molecule has 3 aromatic rings. The average molecular weight is 349 g/mol. The molecular formula is C16H13ClN2O3S. The first-order valence-corrected chi connectivity index (χ1v) is 8.01. The zero-order valence-electron chi connectivity index (χ0n) is 12.0. The molecule has 3 rings (SSSR count). The minimum Gasteiger partial charge on any atom is -0.441 e. The maximum atomic E-state index is 10.6. The number of benzene rings is 1. The Morgan fingerprint density at radius 2 is 2.04 bits per heavy atom. The summed E-state index contributed by atoms with van der Waals surface area (Å²) in [4.78, 5) is 11.8. The molecule has 0 bridgehead atoms. The second kappa shape index (κ2) is 6.85. The molecule has 0 aliphatic carbocycles. The summed E-state index contributed by atoms with van der Waals surface area (Å²) in [5, 5.41) is 3.96. The third-order valence-electron chi connectivity index (χ3n) is 3.17. The van der Waals surface area contributed by atoms with Gasteiger partial charge in [-0.05, 0) is 17.7 Å². The molecule has 2 heterocycles. The lowest BCUT2D eigenvalue weighted by Gasteiger charge is -2.00. The topological polar surface area (TPSA) is 78.4 Å². The highest BCUT2D eigenvalue weighted by molar-refractivity contribution is 7.16. The van der Waals surface area contributed by atoms with Crippen LogP contribution in [0.1, 0.15) is 16.2 Å². The summed E-state index contributed by atoms with van der Waals surface area (Å²) in [5.41, 5.74) is 7.70. The first-order valence-electron chi connectivity index (χ1n) is 6.81. The number of amides is 1. The van der Waals surface area contributed by atoms with E-state index in [9.17, 15) is 4.79 Å². The normalized spacial score (nSPS) is 10.7. The average Bonchev–Trinajstić information content (AvgIpc) is 3.15. The summed E-state index contributed by atoms with van der Waals surface area (Å²) in [6.45, 7) is -0.0282. The van der Waals surface area contributed by atoms with Gasteiger partial charge < -0.3 is 15.0 Å². The molecule has 0 saturated heterocycles. The fourth-order valence-electron chi connectivity index (χ4n) is 2.10. The number of carbonyl (C=O) groups is 1. The predicted molar refractivity (Wildman–Crippen MR) is 88.4 cm³/mol. The maximum absolute atomic E-state index is 10.6. The number of primary amides is 1. The van der Waals surface area contributed by atoms with Gasteiger partial charge in [-0.3, -0.25) is 0 Å². The lowest BCUT2D eigenvalue weighted by molar-refractivity contribution is 0.137. The van der Waals surface area contributed by atoms with Crippen molar-refractivity contribution in [1.29, 1.82) is 0 Å². The molecule has 2 aromatic heterocycles. The van der Waals surface area contributed by atoms with Crippen LogP contribution in [0.5, 0.6) is 0 Å². The van der Waals surface area contributed by atoms with E-state index in [1.807, 2.05) is 36.4 Å². The van der Waals surface area contributed by atoms with Gasteiger partial charge in [0, 0.05) is 22.9 Å². The Balaban J connectivity index is 1.68. The number of nitrogens with two attached hydrogens (primary N) is 1. The Bertz CT molecular complexity index is 811. The number of thiophene rings is 1. The summed E-state index contributed by atoms with van der Waals surface area (Å²) >= 11 is 7.52. The molecule has 23 heavy (non-hydrogen) atoms. The molecule has 0 fully saturated rings. The van der Waals surface area contributed by atoms with Crippen LogP contribution in [0, 0.1) is 0 Å². The van der Waals surface area contributed by atoms with E-state index in [2.05, 4.69) is 9.89 Å². The highest BCUT2D eigenvalue weighted by atomic mass is 35.5. The maximum Gasteiger partial charge on any atom is 0.404 e. The molecule has 1 aromatic carbocycles. The number of hydrogen-bond acceptors (Lipinski definition) is 5. The van der Waals surface area contributed by atoms with Crippen molar-refractivity contribution in [2.24, 2.45) is 5.73 Å². The molecule has 1 amide bonds. The predicted octanol–water partition coefficient (Wildman–Crippen LogP) is 4.24. The van der Waals surface area contributed by atoms with Gasteiger partial charge in [0.25, 0.3) is 0 Å². The van der Waals surface area contributed by atoms with Crippen LogP contribution < -0.4 is 5.73 Å². The molecule has 0 saturated carbocycles. The summed E-state index contributed by atoms with van der Waals surface area (Å²) in [7, 11) is 0. The SMILES string of the molecule is NC(=O)OCc1cc(-c2ccc(Cc3ccc(Cl)s3)cc2)no1. The Hall–Kier alpha value is -2.31. The molecule has 5 nitrogen and oxygen atoms in total. The zero-order chi connectivity index (χ0) is 16.2. The van der Waals surface area contributed by atoms with Crippen molar-refractivity contribution in [2.45, 2.75) is 13.0 Å². The van der Waals surface area contributed by atoms with E-state index in [1.165, 1.54) is 10.4 Å². The molecular weight excluding hydrogens is 336 g/mol. The quantitative estimate of drug-likeness (QED) is 0.747. The van der Waals surface area contributed by atoms with Gasteiger partial charge in [0.05, 0.1) is 4.34 Å². The Morgan fingerprint density at radius 1 is 1.26 bits per heavy atom. The summed E-state index contributed by atoms with van der Waals surface area (Å²) in [5.74, 6) is 0.441. The van der Waals surface area contributed by atoms with Crippen molar-refractivity contribution < 1.29 is 14.1 Å². The van der Waals surface area contributed by atoms with Gasteiger partial charge in [-0.15, -0.1) is 11.3 Å². The highest BCUT2D eigenvalue weighted by Gasteiger charge is 2.08. The molecule has 0 aliphatic heterocycles. The number of hydrogen-bond donors (Lipinski definition) is 1. The first-order chi connectivity index (χ1) is 11.1. The van der Waals surface area contributed by atoms with Crippen LogP contribution >= 0.6 is 22.9 Å². The smallest absolute Gasteiger partial charge is 0.404 e. The zero-order valence-corrected chi connectivity index (χ0v) is 13.6. The van der Waals surface area contributed by atoms with E-state index in [1.54, 1.807) is 17.4 Å². The van der Waals surface area contributed by atoms with Gasteiger partial charge in [-0.1, -0.05) is 41.0 Å². The van der Waals surface area contributed by atoms with Gasteiger partial charge >= 0.3 is 6.09 Å². The Morgan fingerprint density at radius 3 is 2.70 bits per heavy atom. The molecule has 0 spiro atoms. The molecule has 2 N–H and O–H groups in total. The van der Waals surface area contributed by atoms with E-state index in [-0.39, 0.29) is 6.61 Å². The second-order valence-corrected chi connectivity index (χ2v) is 6.67. The fraction of sp³-hybridized carbons (Fsp3) is 0.125. The largest absolute Gasteiger partial charge is 0.441 e. The van der Waals surface area contributed by atoms with Crippen molar-refractivity contribution in [3.63, 3.8) is 0 Å². The van der Waals surface area contributed by atoms with Crippen LogP contribution in [0.15, 0.2) is 47.0 Å². The summed E-state index contributed by atoms with van der Waals surface area (Å²) in [6.07, 6.45) is -0.00486. The number of nitrogens with zero attached hydrogens (tertiary/aromatic N) is 1. The second-order valence-electron chi connectivity index (χ2n) is 4.87. The third-order valence-corrected chi connectivity index (χ3v) is 4.40. The van der Waals surface area contributed by atoms with Crippen LogP contribution in [0.4, 0.5) is 4.79 Å². The molecule has 0 aliphatic rings. The lowest BCUT2D eigenvalue weighted by Crippen LogP contribution is -2.12. The van der Waals surface area contributed by atoms with E-state index >= 15 is 0 Å². The van der Waals surface area contributed by atoms with Crippen molar-refractivity contribution >= 4 is 29.0 Å². The number of aromatic nitrogens is 1. The summed E-state index contributed by atoms with van der Waals surface area (Å²) in [6, 6.07) is 13.7. The van der Waals surface area contributed by atoms with Gasteiger partial charge in [0.2, 0.25) is 0 Å². The number of carbonyl (C=O) groups excluding carboxylic acids is 1. The van der Waals surface area contributed by atoms with Crippen LogP contribution in [0.3, 0.4) is 0 Å². The van der Waals surface area contributed by atoms with Gasteiger partial charge in [-0.2, -0.15) is 0 Å². The van der Waals surface area contributed by atoms with Gasteiger partial charge in [0.1, 0.15) is 5.69 Å². The Kier molecular flexibility index (Phi) is 4.64. The highest BCUT2D eigenvalue weighted by Crippen LogP contribution is 2.25. The van der Waals surface area contributed by atoms with Crippen molar-refractivity contribution in [2.75, 3.05) is 0 Å². The molecule has 118 valence electrons. The monoisotopic (exact) mass is 348 g/mol. The minimum absolute atomic E-state index is 0.0282. The van der Waals surface area contributed by atoms with Crippen LogP contribution in [-0.4, -0.2) is 11.2 Å². The third kappa shape index (κ3) is 4.12. The van der Waals surface area contributed by atoms with Gasteiger partial charge in [-0.25, -0.2) is 4.79 Å². The summed E-state index contributed by atoms with van der Waals surface area (Å²) < 4.78 is 10.6. The van der Waals surface area contributed by atoms with Crippen LogP contribution in [-0.2, 0) is 17.8 Å². The minimum atomic E-state index is -0.846. The van der Waals surface area contributed by atoms with E-state index in [0.29, 0.717) is 11.5 Å². The number of rotatable bonds is 5. The van der Waals surface area contributed by atoms with Crippen LogP contribution in [0.2, 0.25) is 4.34 Å². The van der Waals surface area contributed by atoms with Crippen LogP contribution in [0.25, 0.3) is 11.3 Å². The number of halogens is 1. The van der Waals surface area contributed by atoms with Crippen molar-refractivity contribution in [3.05, 3.63) is 63.0 Å². The first kappa shape index (κ1) is 15.6. The lowest BCUT2D eigenvalue weighted by atomic mass is 10.1. The molecule has 0 atom stereocenters. The molecule has 0 radical (unpaired) electrons. The standard InChI is InChI=1S/C16H13ClN2O3S/c17-15-6-5-13(23-15)7-10-1-3-11(4-2-10)14-8-12(22-19-14)9-21-16(18)20/h1-6,8H,7,9H2,(H2,18,20). The Labute approximate surface area is 141 Å². The van der Waals surface area contributed by atoms with E-state index in [4.69, 9.17) is 21.9 Å². The van der Waals surface area contributed by atoms with E-state index in [0.717, 1.165) is 16.3 Å². The molecule has 7 heteroatoms. The van der Waals surface area contributed by atoms with Crippen molar-refractivity contribution in [1.82, 2.24) is 5.16 Å².